The number of fused-ring (bicyclic) bond motifs is 1. The maximum Gasteiger partial charge on any atom is 0.0991 e. The minimum Gasteiger partial charge on any atom is -0.371 e. The standard InChI is InChI=1S/C20H17NOS/c21-13-15-5-6-18-12-19(8-7-17(18)11-15)20-4-2-1-3-16(20)9-10-22-14-23/h1-8,11-12,23H,9-10,14H2. The molecule has 0 spiro atoms. The number of benzene rings is 3. The van der Waals surface area contributed by atoms with Crippen molar-refractivity contribution in [3.8, 4) is 17.2 Å². The van der Waals surface area contributed by atoms with Crippen LogP contribution in [-0.2, 0) is 11.2 Å². The van der Waals surface area contributed by atoms with E-state index in [-0.39, 0.29) is 0 Å². The molecule has 3 aromatic carbocycles. The Kier molecular flexibility index (Phi) is 4.97. The Morgan fingerprint density at radius 1 is 0.957 bits per heavy atom. The molecule has 0 bridgehead atoms. The van der Waals surface area contributed by atoms with Crippen LogP contribution in [0.25, 0.3) is 21.9 Å². The van der Waals surface area contributed by atoms with Gasteiger partial charge in [0.1, 0.15) is 0 Å². The van der Waals surface area contributed by atoms with Gasteiger partial charge in [0.15, 0.2) is 0 Å². The Labute approximate surface area is 141 Å². The van der Waals surface area contributed by atoms with E-state index in [0.29, 0.717) is 18.1 Å². The van der Waals surface area contributed by atoms with Crippen LogP contribution >= 0.6 is 12.6 Å². The lowest BCUT2D eigenvalue weighted by molar-refractivity contribution is 0.187. The molecule has 0 aliphatic heterocycles. The van der Waals surface area contributed by atoms with Gasteiger partial charge in [0.2, 0.25) is 0 Å². The second kappa shape index (κ2) is 7.32. The third-order valence-corrected chi connectivity index (χ3v) is 4.09. The van der Waals surface area contributed by atoms with Crippen molar-refractivity contribution in [3.63, 3.8) is 0 Å². The van der Waals surface area contributed by atoms with Gasteiger partial charge in [0.05, 0.1) is 24.2 Å². The van der Waals surface area contributed by atoms with E-state index in [1.807, 2.05) is 18.2 Å². The quantitative estimate of drug-likeness (QED) is 0.415. The Hall–Kier alpha value is -2.28. The predicted molar refractivity (Wildman–Crippen MR) is 97.6 cm³/mol. The number of nitriles is 1. The van der Waals surface area contributed by atoms with Gasteiger partial charge in [0, 0.05) is 0 Å². The van der Waals surface area contributed by atoms with Crippen LogP contribution in [0.15, 0.2) is 60.7 Å². The highest BCUT2D eigenvalue weighted by atomic mass is 32.1. The van der Waals surface area contributed by atoms with Crippen molar-refractivity contribution in [3.05, 3.63) is 71.8 Å². The molecule has 3 heteroatoms. The normalized spacial score (nSPS) is 10.6. The number of hydrogen-bond acceptors (Lipinski definition) is 3. The highest BCUT2D eigenvalue weighted by Gasteiger charge is 2.06. The third kappa shape index (κ3) is 3.56. The molecule has 0 amide bonds. The summed E-state index contributed by atoms with van der Waals surface area (Å²) in [5.74, 6) is 0.444. The van der Waals surface area contributed by atoms with Crippen LogP contribution in [0.5, 0.6) is 0 Å². The summed E-state index contributed by atoms with van der Waals surface area (Å²) in [5, 5.41) is 11.2. The highest BCUT2D eigenvalue weighted by molar-refractivity contribution is 7.80. The molecule has 3 aromatic rings. The van der Waals surface area contributed by atoms with Gasteiger partial charge < -0.3 is 4.74 Å². The van der Waals surface area contributed by atoms with Gasteiger partial charge in [0.25, 0.3) is 0 Å². The van der Waals surface area contributed by atoms with Crippen LogP contribution in [0.4, 0.5) is 0 Å². The van der Waals surface area contributed by atoms with Gasteiger partial charge in [-0.1, -0.05) is 42.5 Å². The van der Waals surface area contributed by atoms with Crippen molar-refractivity contribution < 1.29 is 4.74 Å². The first-order valence-corrected chi connectivity index (χ1v) is 8.16. The van der Waals surface area contributed by atoms with Gasteiger partial charge in [-0.2, -0.15) is 17.9 Å². The first-order chi connectivity index (χ1) is 11.3. The predicted octanol–water partition coefficient (Wildman–Crippen LogP) is 4.82. The lowest BCUT2D eigenvalue weighted by Crippen LogP contribution is -1.98. The molecule has 0 radical (unpaired) electrons. The third-order valence-electron chi connectivity index (χ3n) is 3.90. The van der Waals surface area contributed by atoms with E-state index in [1.165, 1.54) is 16.7 Å². The zero-order valence-electron chi connectivity index (χ0n) is 12.7. The molecule has 0 N–H and O–H groups in total. The molecular formula is C20H17NOS. The molecule has 0 aromatic heterocycles. The molecule has 0 heterocycles. The lowest BCUT2D eigenvalue weighted by Gasteiger charge is -2.11. The zero-order chi connectivity index (χ0) is 16.1. The molecule has 0 unspecified atom stereocenters. The fourth-order valence-corrected chi connectivity index (χ4v) is 2.88. The molecule has 114 valence electrons. The van der Waals surface area contributed by atoms with Crippen molar-refractivity contribution in [1.29, 1.82) is 5.26 Å². The second-order valence-corrected chi connectivity index (χ2v) is 5.59. The van der Waals surface area contributed by atoms with E-state index in [4.69, 9.17) is 10.00 Å². The Morgan fingerprint density at radius 3 is 2.57 bits per heavy atom. The smallest absolute Gasteiger partial charge is 0.0991 e. The summed E-state index contributed by atoms with van der Waals surface area (Å²) in [4.78, 5) is 0. The SMILES string of the molecule is N#Cc1ccc2cc(-c3ccccc3CCOCS)ccc2c1. The van der Waals surface area contributed by atoms with E-state index >= 15 is 0 Å². The average Bonchev–Trinajstić information content (AvgIpc) is 2.61. The van der Waals surface area contributed by atoms with Crippen LogP contribution in [0, 0.1) is 11.3 Å². The van der Waals surface area contributed by atoms with E-state index < -0.39 is 0 Å². The Bertz CT molecular complexity index is 867. The molecule has 23 heavy (non-hydrogen) atoms. The Morgan fingerprint density at radius 2 is 1.74 bits per heavy atom. The van der Waals surface area contributed by atoms with Crippen LogP contribution < -0.4 is 0 Å². The van der Waals surface area contributed by atoms with Crippen molar-refractivity contribution in [1.82, 2.24) is 0 Å². The first kappa shape index (κ1) is 15.6. The molecular weight excluding hydrogens is 302 g/mol. The van der Waals surface area contributed by atoms with Gasteiger partial charge >= 0.3 is 0 Å². The van der Waals surface area contributed by atoms with Crippen LogP contribution in [0.1, 0.15) is 11.1 Å². The summed E-state index contributed by atoms with van der Waals surface area (Å²) in [6.07, 6.45) is 0.863. The van der Waals surface area contributed by atoms with Gasteiger partial charge in [-0.25, -0.2) is 0 Å². The number of rotatable bonds is 5. The monoisotopic (exact) mass is 319 g/mol. The summed E-state index contributed by atoms with van der Waals surface area (Å²) >= 11 is 4.07. The molecule has 0 atom stereocenters. The number of hydrogen-bond donors (Lipinski definition) is 1. The highest BCUT2D eigenvalue weighted by Crippen LogP contribution is 2.28. The van der Waals surface area contributed by atoms with Gasteiger partial charge in [-0.05, 0) is 52.1 Å². The van der Waals surface area contributed by atoms with E-state index in [2.05, 4.69) is 61.2 Å². The van der Waals surface area contributed by atoms with Crippen LogP contribution in [0.2, 0.25) is 0 Å². The minimum absolute atomic E-state index is 0.444. The summed E-state index contributed by atoms with van der Waals surface area (Å²) in [7, 11) is 0. The van der Waals surface area contributed by atoms with Crippen molar-refractivity contribution in [2.45, 2.75) is 6.42 Å². The maximum atomic E-state index is 9.00. The van der Waals surface area contributed by atoms with Crippen LogP contribution in [0.3, 0.4) is 0 Å². The van der Waals surface area contributed by atoms with E-state index in [1.54, 1.807) is 0 Å². The summed E-state index contributed by atoms with van der Waals surface area (Å²) < 4.78 is 5.36. The minimum atomic E-state index is 0.444. The molecule has 0 saturated carbocycles. The van der Waals surface area contributed by atoms with Crippen molar-refractivity contribution in [2.24, 2.45) is 0 Å². The number of ether oxygens (including phenoxy) is 1. The largest absolute Gasteiger partial charge is 0.371 e. The van der Waals surface area contributed by atoms with E-state index in [9.17, 15) is 0 Å². The first-order valence-electron chi connectivity index (χ1n) is 7.52. The lowest BCUT2D eigenvalue weighted by atomic mass is 9.95. The molecule has 3 rings (SSSR count). The summed E-state index contributed by atoms with van der Waals surface area (Å²) in [6.45, 7) is 0.666. The second-order valence-electron chi connectivity index (χ2n) is 5.33. The van der Waals surface area contributed by atoms with Crippen LogP contribution in [-0.4, -0.2) is 12.5 Å². The van der Waals surface area contributed by atoms with Gasteiger partial charge in [-0.3, -0.25) is 0 Å². The summed E-state index contributed by atoms with van der Waals surface area (Å²) in [5.41, 5.74) is 4.36. The van der Waals surface area contributed by atoms with E-state index in [0.717, 1.165) is 17.2 Å². The number of thiol groups is 1. The molecule has 0 aliphatic carbocycles. The molecule has 0 saturated heterocycles. The topological polar surface area (TPSA) is 33.0 Å². The average molecular weight is 319 g/mol. The fourth-order valence-electron chi connectivity index (χ4n) is 2.75. The van der Waals surface area contributed by atoms with Crippen molar-refractivity contribution in [2.75, 3.05) is 12.5 Å². The zero-order valence-corrected chi connectivity index (χ0v) is 13.6. The van der Waals surface area contributed by atoms with Crippen molar-refractivity contribution >= 4 is 23.4 Å². The number of nitrogens with zero attached hydrogens (tertiary/aromatic N) is 1. The summed E-state index contributed by atoms with van der Waals surface area (Å²) in [6, 6.07) is 22.7. The molecule has 0 aliphatic rings. The molecule has 0 fully saturated rings. The fraction of sp³-hybridized carbons (Fsp3) is 0.150. The Balaban J connectivity index is 1.98. The van der Waals surface area contributed by atoms with Gasteiger partial charge in [-0.15, -0.1) is 0 Å². The maximum absolute atomic E-state index is 9.00. The molecule has 2 nitrogen and oxygen atoms in total.